The minimum atomic E-state index is 0.256. The molecule has 0 spiro atoms. The summed E-state index contributed by atoms with van der Waals surface area (Å²) in [4.78, 5) is 6.43. The zero-order chi connectivity index (χ0) is 13.8. The van der Waals surface area contributed by atoms with E-state index in [1.165, 1.54) is 5.56 Å². The van der Waals surface area contributed by atoms with E-state index in [1.807, 2.05) is 31.6 Å². The fourth-order valence-electron chi connectivity index (χ4n) is 1.95. The number of pyridine rings is 1. The lowest BCUT2D eigenvalue weighted by atomic mass is 10.1. The summed E-state index contributed by atoms with van der Waals surface area (Å²) in [7, 11) is 3.96. The van der Waals surface area contributed by atoms with Crippen LogP contribution >= 0.6 is 11.6 Å². The van der Waals surface area contributed by atoms with E-state index in [1.54, 1.807) is 0 Å². The third-order valence-electron chi connectivity index (χ3n) is 3.35. The van der Waals surface area contributed by atoms with Crippen molar-refractivity contribution in [2.75, 3.05) is 24.3 Å². The number of rotatable bonds is 4. The Kier molecular flexibility index (Phi) is 4.27. The van der Waals surface area contributed by atoms with Crippen LogP contribution in [0.2, 0.25) is 5.02 Å². The molecule has 1 heterocycles. The van der Waals surface area contributed by atoms with E-state index >= 15 is 0 Å². The van der Waals surface area contributed by atoms with Gasteiger partial charge in [-0.1, -0.05) is 23.7 Å². The summed E-state index contributed by atoms with van der Waals surface area (Å²) in [5.41, 5.74) is 3.31. The van der Waals surface area contributed by atoms with E-state index in [0.29, 0.717) is 0 Å². The number of hydrogen-bond acceptors (Lipinski definition) is 3. The SMILES string of the molecule is CNc1cncc(N(C)C(C)c2ccc(Cl)cc2)c1. The van der Waals surface area contributed by atoms with Crippen molar-refractivity contribution in [2.24, 2.45) is 0 Å². The molecule has 3 nitrogen and oxygen atoms in total. The Morgan fingerprint density at radius 1 is 1.21 bits per heavy atom. The smallest absolute Gasteiger partial charge is 0.0575 e. The molecule has 1 aromatic heterocycles. The molecular weight excluding hydrogens is 258 g/mol. The number of nitrogens with one attached hydrogen (secondary N) is 1. The highest BCUT2D eigenvalue weighted by Gasteiger charge is 2.12. The van der Waals surface area contributed by atoms with E-state index in [-0.39, 0.29) is 6.04 Å². The van der Waals surface area contributed by atoms with Crippen LogP contribution in [-0.4, -0.2) is 19.1 Å². The van der Waals surface area contributed by atoms with E-state index in [9.17, 15) is 0 Å². The molecule has 0 amide bonds. The van der Waals surface area contributed by atoms with Crippen LogP contribution in [-0.2, 0) is 0 Å². The van der Waals surface area contributed by atoms with Gasteiger partial charge in [0.15, 0.2) is 0 Å². The summed E-state index contributed by atoms with van der Waals surface area (Å²) < 4.78 is 0. The maximum absolute atomic E-state index is 5.92. The van der Waals surface area contributed by atoms with E-state index in [2.05, 4.69) is 47.4 Å². The minimum absolute atomic E-state index is 0.256. The molecule has 0 aliphatic rings. The molecule has 0 fully saturated rings. The summed E-state index contributed by atoms with van der Waals surface area (Å²) in [6.45, 7) is 2.16. The van der Waals surface area contributed by atoms with Crippen LogP contribution in [0, 0.1) is 0 Å². The highest BCUT2D eigenvalue weighted by Crippen LogP contribution is 2.26. The number of benzene rings is 1. The third-order valence-corrected chi connectivity index (χ3v) is 3.61. The fourth-order valence-corrected chi connectivity index (χ4v) is 2.07. The van der Waals surface area contributed by atoms with Crippen molar-refractivity contribution in [3.8, 4) is 0 Å². The molecular formula is C15H18ClN3. The summed E-state index contributed by atoms with van der Waals surface area (Å²) in [5, 5.41) is 3.86. The van der Waals surface area contributed by atoms with Gasteiger partial charge in [0, 0.05) is 19.1 Å². The largest absolute Gasteiger partial charge is 0.387 e. The Bertz CT molecular complexity index is 539. The Balaban J connectivity index is 2.22. The zero-order valence-corrected chi connectivity index (χ0v) is 12.1. The van der Waals surface area contributed by atoms with Crippen LogP contribution in [0.25, 0.3) is 0 Å². The second kappa shape index (κ2) is 5.93. The van der Waals surface area contributed by atoms with Gasteiger partial charge in [-0.15, -0.1) is 0 Å². The Labute approximate surface area is 119 Å². The highest BCUT2D eigenvalue weighted by atomic mass is 35.5. The summed E-state index contributed by atoms with van der Waals surface area (Å²) in [6, 6.07) is 10.3. The van der Waals surface area contributed by atoms with Gasteiger partial charge in [0.05, 0.1) is 29.8 Å². The lowest BCUT2D eigenvalue weighted by Gasteiger charge is -2.27. The average Bonchev–Trinajstić information content (AvgIpc) is 2.46. The molecule has 100 valence electrons. The van der Waals surface area contributed by atoms with Gasteiger partial charge in [0.25, 0.3) is 0 Å². The molecule has 2 rings (SSSR count). The highest BCUT2D eigenvalue weighted by molar-refractivity contribution is 6.30. The van der Waals surface area contributed by atoms with Gasteiger partial charge in [0.1, 0.15) is 0 Å². The van der Waals surface area contributed by atoms with Crippen molar-refractivity contribution in [3.05, 3.63) is 53.3 Å². The molecule has 1 atom stereocenters. The molecule has 0 bridgehead atoms. The predicted molar refractivity (Wildman–Crippen MR) is 82.1 cm³/mol. The minimum Gasteiger partial charge on any atom is -0.387 e. The van der Waals surface area contributed by atoms with Crippen molar-refractivity contribution in [1.29, 1.82) is 0 Å². The number of anilines is 2. The van der Waals surface area contributed by atoms with E-state index in [4.69, 9.17) is 11.6 Å². The maximum atomic E-state index is 5.92. The molecule has 0 aliphatic carbocycles. The van der Waals surface area contributed by atoms with Crippen LogP contribution in [0.5, 0.6) is 0 Å². The quantitative estimate of drug-likeness (QED) is 0.915. The lowest BCUT2D eigenvalue weighted by Crippen LogP contribution is -2.21. The average molecular weight is 276 g/mol. The number of halogens is 1. The Morgan fingerprint density at radius 3 is 2.53 bits per heavy atom. The van der Waals surface area contributed by atoms with Gasteiger partial charge < -0.3 is 10.2 Å². The van der Waals surface area contributed by atoms with Crippen LogP contribution in [0.1, 0.15) is 18.5 Å². The second-order valence-corrected chi connectivity index (χ2v) is 4.96. The Morgan fingerprint density at radius 2 is 1.89 bits per heavy atom. The summed E-state index contributed by atoms with van der Waals surface area (Å²) >= 11 is 5.92. The first-order chi connectivity index (χ1) is 9.11. The molecule has 0 aliphatic heterocycles. The third kappa shape index (κ3) is 3.18. The molecule has 0 saturated carbocycles. The first-order valence-electron chi connectivity index (χ1n) is 6.23. The van der Waals surface area contributed by atoms with Crippen molar-refractivity contribution in [2.45, 2.75) is 13.0 Å². The predicted octanol–water partition coefficient (Wildman–Crippen LogP) is 3.97. The molecule has 19 heavy (non-hydrogen) atoms. The van der Waals surface area contributed by atoms with Crippen LogP contribution < -0.4 is 10.2 Å². The van der Waals surface area contributed by atoms with Gasteiger partial charge in [-0.2, -0.15) is 0 Å². The lowest BCUT2D eigenvalue weighted by molar-refractivity contribution is 0.738. The van der Waals surface area contributed by atoms with Crippen LogP contribution in [0.4, 0.5) is 11.4 Å². The second-order valence-electron chi connectivity index (χ2n) is 4.52. The number of aromatic nitrogens is 1. The van der Waals surface area contributed by atoms with Gasteiger partial charge in [0.2, 0.25) is 0 Å². The topological polar surface area (TPSA) is 28.2 Å². The zero-order valence-electron chi connectivity index (χ0n) is 11.4. The van der Waals surface area contributed by atoms with Crippen LogP contribution in [0.3, 0.4) is 0 Å². The molecule has 2 aromatic rings. The van der Waals surface area contributed by atoms with Gasteiger partial charge in [-0.3, -0.25) is 4.98 Å². The summed E-state index contributed by atoms with van der Waals surface area (Å²) in [6.07, 6.45) is 3.68. The molecule has 0 radical (unpaired) electrons. The summed E-state index contributed by atoms with van der Waals surface area (Å²) in [5.74, 6) is 0. The van der Waals surface area contributed by atoms with E-state index in [0.717, 1.165) is 16.4 Å². The molecule has 1 unspecified atom stereocenters. The maximum Gasteiger partial charge on any atom is 0.0575 e. The fraction of sp³-hybridized carbons (Fsp3) is 0.267. The molecule has 1 aromatic carbocycles. The van der Waals surface area contributed by atoms with Gasteiger partial charge in [-0.05, 0) is 30.7 Å². The standard InChI is InChI=1S/C15H18ClN3/c1-11(12-4-6-13(16)7-5-12)19(3)15-8-14(17-2)9-18-10-15/h4-11,17H,1-3H3. The van der Waals surface area contributed by atoms with Gasteiger partial charge >= 0.3 is 0 Å². The number of nitrogens with zero attached hydrogens (tertiary/aromatic N) is 2. The first kappa shape index (κ1) is 13.7. The van der Waals surface area contributed by atoms with E-state index < -0.39 is 0 Å². The molecule has 4 heteroatoms. The van der Waals surface area contributed by atoms with Crippen molar-refractivity contribution >= 4 is 23.0 Å². The van der Waals surface area contributed by atoms with Crippen LogP contribution in [0.15, 0.2) is 42.7 Å². The Hall–Kier alpha value is -1.74. The normalized spacial score (nSPS) is 12.0. The number of hydrogen-bond donors (Lipinski definition) is 1. The van der Waals surface area contributed by atoms with Crippen molar-refractivity contribution in [1.82, 2.24) is 4.98 Å². The monoisotopic (exact) mass is 275 g/mol. The molecule has 1 N–H and O–H groups in total. The van der Waals surface area contributed by atoms with Crippen molar-refractivity contribution in [3.63, 3.8) is 0 Å². The van der Waals surface area contributed by atoms with Gasteiger partial charge in [-0.25, -0.2) is 0 Å². The first-order valence-corrected chi connectivity index (χ1v) is 6.60. The molecule has 0 saturated heterocycles. The van der Waals surface area contributed by atoms with Crippen molar-refractivity contribution < 1.29 is 0 Å².